The Labute approximate surface area is 199 Å². The van der Waals surface area contributed by atoms with Gasteiger partial charge < -0.3 is 10.6 Å². The summed E-state index contributed by atoms with van der Waals surface area (Å²) in [5.74, 6) is 0.202. The van der Waals surface area contributed by atoms with Crippen molar-refractivity contribution in [3.8, 4) is 0 Å². The maximum Gasteiger partial charge on any atom is 0.256 e. The maximum atomic E-state index is 13.3. The van der Waals surface area contributed by atoms with Gasteiger partial charge in [-0.1, -0.05) is 18.9 Å². The second-order valence-electron chi connectivity index (χ2n) is 9.55. The van der Waals surface area contributed by atoms with Gasteiger partial charge in [0.2, 0.25) is 5.91 Å². The number of carbonyl (C=O) groups is 2. The van der Waals surface area contributed by atoms with E-state index in [1.54, 1.807) is 10.7 Å². The highest BCUT2D eigenvalue weighted by Gasteiger charge is 2.28. The number of nitrogens with one attached hydrogen (secondary N) is 2. The maximum absolute atomic E-state index is 13.3. The summed E-state index contributed by atoms with van der Waals surface area (Å²) in [7, 11) is 1.86. The molecule has 178 valence electrons. The number of pyridine rings is 1. The molecule has 0 unspecified atom stereocenters. The summed E-state index contributed by atoms with van der Waals surface area (Å²) in [6, 6.07) is 9.23. The van der Waals surface area contributed by atoms with E-state index in [1.807, 2.05) is 38.2 Å². The fourth-order valence-electron chi connectivity index (χ4n) is 4.80. The molecule has 1 saturated carbocycles. The van der Waals surface area contributed by atoms with Crippen molar-refractivity contribution in [1.29, 1.82) is 0 Å². The van der Waals surface area contributed by atoms with Crippen LogP contribution in [0.4, 0.5) is 11.4 Å². The first-order valence-corrected chi connectivity index (χ1v) is 12.3. The number of benzene rings is 1. The molecule has 0 spiro atoms. The lowest BCUT2D eigenvalue weighted by molar-refractivity contribution is -0.117. The molecule has 34 heavy (non-hydrogen) atoms. The number of fused-ring (bicyclic) bond motifs is 1. The Bertz CT molecular complexity index is 1220. The number of anilines is 2. The molecule has 2 aliphatic rings. The van der Waals surface area contributed by atoms with Gasteiger partial charge in [-0.25, -0.2) is 4.98 Å². The van der Waals surface area contributed by atoms with Crippen molar-refractivity contribution >= 4 is 34.2 Å². The first kappa shape index (κ1) is 22.5. The Morgan fingerprint density at radius 3 is 2.44 bits per heavy atom. The van der Waals surface area contributed by atoms with Crippen molar-refractivity contribution < 1.29 is 9.59 Å². The number of carbonyl (C=O) groups excluding carboxylic acids is 2. The molecule has 5 rings (SSSR count). The van der Waals surface area contributed by atoms with Crippen LogP contribution in [0.25, 0.3) is 11.0 Å². The average Bonchev–Trinajstić information content (AvgIpc) is 3.63. The van der Waals surface area contributed by atoms with Crippen LogP contribution in [0.2, 0.25) is 0 Å². The van der Waals surface area contributed by atoms with E-state index in [9.17, 15) is 9.59 Å². The van der Waals surface area contributed by atoms with Crippen LogP contribution >= 0.6 is 0 Å². The zero-order valence-corrected chi connectivity index (χ0v) is 19.9. The van der Waals surface area contributed by atoms with E-state index in [0.717, 1.165) is 61.2 Å². The molecule has 2 aromatic heterocycles. The van der Waals surface area contributed by atoms with Crippen LogP contribution in [-0.2, 0) is 11.8 Å². The number of nitrogens with zero attached hydrogens (tertiary/aromatic N) is 4. The second-order valence-corrected chi connectivity index (χ2v) is 9.55. The smallest absolute Gasteiger partial charge is 0.256 e. The Kier molecular flexibility index (Phi) is 6.32. The molecule has 2 fully saturated rings. The average molecular weight is 461 g/mol. The SMILES string of the molecule is Cc1nn(C)c2nc(C3CC3)cc(C(=O)Nc3cccc(NC(=O)CN4CCCCCC4)c3)c12. The number of aromatic nitrogens is 3. The highest BCUT2D eigenvalue weighted by molar-refractivity contribution is 6.13. The zero-order valence-electron chi connectivity index (χ0n) is 19.9. The normalized spacial score (nSPS) is 16.9. The topological polar surface area (TPSA) is 92.1 Å². The number of amides is 2. The molecule has 1 aliphatic heterocycles. The Hall–Kier alpha value is -3.26. The molecular formula is C26H32N6O2. The number of likely N-dealkylation sites (tertiary alicyclic amines) is 1. The monoisotopic (exact) mass is 460 g/mol. The van der Waals surface area contributed by atoms with Gasteiger partial charge in [-0.05, 0) is 70.0 Å². The summed E-state index contributed by atoms with van der Waals surface area (Å²) < 4.78 is 1.74. The molecule has 0 radical (unpaired) electrons. The summed E-state index contributed by atoms with van der Waals surface area (Å²) in [4.78, 5) is 32.9. The van der Waals surface area contributed by atoms with E-state index in [0.29, 0.717) is 29.4 Å². The minimum absolute atomic E-state index is 0.0266. The predicted molar refractivity (Wildman–Crippen MR) is 133 cm³/mol. The first-order valence-electron chi connectivity index (χ1n) is 12.3. The molecule has 1 aliphatic carbocycles. The van der Waals surface area contributed by atoms with E-state index < -0.39 is 0 Å². The van der Waals surface area contributed by atoms with Gasteiger partial charge in [0.15, 0.2) is 5.65 Å². The quantitative estimate of drug-likeness (QED) is 0.575. The molecule has 8 nitrogen and oxygen atoms in total. The molecule has 1 aromatic carbocycles. The van der Waals surface area contributed by atoms with Crippen LogP contribution in [0, 0.1) is 6.92 Å². The number of hydrogen-bond donors (Lipinski definition) is 2. The van der Waals surface area contributed by atoms with Crippen molar-refractivity contribution in [3.63, 3.8) is 0 Å². The van der Waals surface area contributed by atoms with Crippen molar-refractivity contribution in [2.75, 3.05) is 30.3 Å². The third kappa shape index (κ3) is 4.97. The first-order chi connectivity index (χ1) is 16.5. The number of aryl methyl sites for hydroxylation is 2. The van der Waals surface area contributed by atoms with E-state index in [1.165, 1.54) is 12.8 Å². The lowest BCUT2D eigenvalue weighted by Crippen LogP contribution is -2.33. The molecule has 3 aromatic rings. The van der Waals surface area contributed by atoms with Crippen LogP contribution in [0.5, 0.6) is 0 Å². The Morgan fingerprint density at radius 2 is 1.74 bits per heavy atom. The molecule has 0 bridgehead atoms. The molecule has 2 amide bonds. The van der Waals surface area contributed by atoms with Crippen molar-refractivity contribution in [2.45, 2.75) is 51.4 Å². The van der Waals surface area contributed by atoms with Crippen molar-refractivity contribution in [2.24, 2.45) is 7.05 Å². The third-order valence-electron chi connectivity index (χ3n) is 6.70. The van der Waals surface area contributed by atoms with E-state index in [-0.39, 0.29) is 11.8 Å². The Morgan fingerprint density at radius 1 is 1.03 bits per heavy atom. The molecule has 0 atom stereocenters. The highest BCUT2D eigenvalue weighted by atomic mass is 16.2. The standard InChI is InChI=1S/C26H32N6O2/c1-17-24-21(15-22(18-10-11-18)29-25(24)31(2)30-17)26(34)28-20-9-7-8-19(14-20)27-23(33)16-32-12-5-3-4-6-13-32/h7-9,14-15,18H,3-6,10-13,16H2,1-2H3,(H,27,33)(H,28,34). The molecule has 2 N–H and O–H groups in total. The largest absolute Gasteiger partial charge is 0.325 e. The van der Waals surface area contributed by atoms with Gasteiger partial charge in [0.05, 0.1) is 23.2 Å². The van der Waals surface area contributed by atoms with Gasteiger partial charge in [-0.15, -0.1) is 0 Å². The van der Waals surface area contributed by atoms with E-state index in [2.05, 4.69) is 20.6 Å². The summed E-state index contributed by atoms with van der Waals surface area (Å²) in [6.07, 6.45) is 6.99. The van der Waals surface area contributed by atoms with Gasteiger partial charge in [-0.3, -0.25) is 19.2 Å². The van der Waals surface area contributed by atoms with Gasteiger partial charge in [0.25, 0.3) is 5.91 Å². The Balaban J connectivity index is 1.31. The van der Waals surface area contributed by atoms with Crippen LogP contribution in [-0.4, -0.2) is 51.1 Å². The second kappa shape index (κ2) is 9.54. The van der Waals surface area contributed by atoms with Crippen molar-refractivity contribution in [1.82, 2.24) is 19.7 Å². The number of rotatable bonds is 6. The third-order valence-corrected chi connectivity index (χ3v) is 6.70. The van der Waals surface area contributed by atoms with Gasteiger partial charge >= 0.3 is 0 Å². The lowest BCUT2D eigenvalue weighted by atomic mass is 10.1. The van der Waals surface area contributed by atoms with E-state index >= 15 is 0 Å². The van der Waals surface area contributed by atoms with Gasteiger partial charge in [0.1, 0.15) is 0 Å². The van der Waals surface area contributed by atoms with E-state index in [4.69, 9.17) is 4.98 Å². The highest BCUT2D eigenvalue weighted by Crippen LogP contribution is 2.40. The van der Waals surface area contributed by atoms with Gasteiger partial charge in [0, 0.05) is 30.0 Å². The molecular weight excluding hydrogens is 428 g/mol. The summed E-state index contributed by atoms with van der Waals surface area (Å²) >= 11 is 0. The fraction of sp³-hybridized carbons (Fsp3) is 0.462. The van der Waals surface area contributed by atoms with Crippen LogP contribution < -0.4 is 10.6 Å². The lowest BCUT2D eigenvalue weighted by Gasteiger charge is -2.19. The van der Waals surface area contributed by atoms with Crippen molar-refractivity contribution in [3.05, 3.63) is 47.3 Å². The molecule has 1 saturated heterocycles. The summed E-state index contributed by atoms with van der Waals surface area (Å²) in [5.41, 5.74) is 4.38. The summed E-state index contributed by atoms with van der Waals surface area (Å²) in [6.45, 7) is 4.24. The minimum Gasteiger partial charge on any atom is -0.325 e. The predicted octanol–water partition coefficient (Wildman–Crippen LogP) is 4.22. The fourth-order valence-corrected chi connectivity index (χ4v) is 4.80. The zero-order chi connectivity index (χ0) is 23.7. The van der Waals surface area contributed by atoms with Crippen LogP contribution in [0.3, 0.4) is 0 Å². The molecule has 3 heterocycles. The van der Waals surface area contributed by atoms with Gasteiger partial charge in [-0.2, -0.15) is 5.10 Å². The minimum atomic E-state index is -0.196. The van der Waals surface area contributed by atoms with Crippen LogP contribution in [0.1, 0.15) is 66.2 Å². The summed E-state index contributed by atoms with van der Waals surface area (Å²) in [5, 5.41) is 11.3. The number of hydrogen-bond acceptors (Lipinski definition) is 5. The molecule has 8 heteroatoms. The van der Waals surface area contributed by atoms with Crippen LogP contribution in [0.15, 0.2) is 30.3 Å².